The second-order valence-corrected chi connectivity index (χ2v) is 8.38. The van der Waals surface area contributed by atoms with Gasteiger partial charge in [-0.3, -0.25) is 15.0 Å². The molecule has 0 aliphatic carbocycles. The highest BCUT2D eigenvalue weighted by molar-refractivity contribution is 7.89. The van der Waals surface area contributed by atoms with E-state index in [2.05, 4.69) is 19.3 Å². The average molecular weight is 404 g/mol. The van der Waals surface area contributed by atoms with Gasteiger partial charge in [-0.25, -0.2) is 8.42 Å². The molecule has 0 saturated carbocycles. The number of carbonyl (C=O) groups is 2. The first-order valence-corrected chi connectivity index (χ1v) is 10.3. The Hall–Kier alpha value is -2.71. The number of ketones is 1. The lowest BCUT2D eigenvalue weighted by Crippen LogP contribution is -2.41. The Labute approximate surface area is 165 Å². The smallest absolute Gasteiger partial charge is 0.266 e. The molecule has 0 atom stereocenters. The van der Waals surface area contributed by atoms with E-state index in [9.17, 15) is 18.0 Å². The first-order valence-electron chi connectivity index (χ1n) is 8.85. The fourth-order valence-electron chi connectivity index (χ4n) is 2.23. The summed E-state index contributed by atoms with van der Waals surface area (Å²) in [6.45, 7) is 6.19. The number of sulfonamides is 1. The van der Waals surface area contributed by atoms with Crippen molar-refractivity contribution in [1.82, 2.24) is 10.3 Å². The van der Waals surface area contributed by atoms with Crippen LogP contribution < -0.4 is 15.0 Å². The molecule has 8 heteroatoms. The van der Waals surface area contributed by atoms with Crippen LogP contribution in [-0.4, -0.2) is 26.7 Å². The summed E-state index contributed by atoms with van der Waals surface area (Å²) < 4.78 is 30.1. The van der Waals surface area contributed by atoms with Crippen molar-refractivity contribution in [2.75, 3.05) is 6.61 Å². The van der Waals surface area contributed by atoms with Crippen molar-refractivity contribution < 1.29 is 22.7 Å². The number of rotatable bonds is 9. The molecular weight excluding hydrogens is 380 g/mol. The minimum absolute atomic E-state index is 0.0632. The highest BCUT2D eigenvalue weighted by atomic mass is 32.2. The van der Waals surface area contributed by atoms with Crippen molar-refractivity contribution >= 4 is 21.7 Å². The van der Waals surface area contributed by atoms with Gasteiger partial charge in [0.05, 0.1) is 11.5 Å². The SMILES string of the molecule is CC(=O)c1ccc(S(=O)(=O)NNC(=O)c2ccc(OCCC(C)C)cc2)cc1. The van der Waals surface area contributed by atoms with Gasteiger partial charge < -0.3 is 4.74 Å². The van der Waals surface area contributed by atoms with Crippen LogP contribution in [0, 0.1) is 5.92 Å². The third-order valence-electron chi connectivity index (χ3n) is 3.95. The van der Waals surface area contributed by atoms with Crippen molar-refractivity contribution in [2.24, 2.45) is 5.92 Å². The maximum atomic E-state index is 12.2. The standard InChI is InChI=1S/C20H24N2O5S/c1-14(2)12-13-27-18-8-4-17(5-9-18)20(24)21-22-28(25,26)19-10-6-16(7-11-19)15(3)23/h4-11,14,22H,12-13H2,1-3H3,(H,21,24). The van der Waals surface area contributed by atoms with E-state index in [1.54, 1.807) is 24.3 Å². The zero-order chi connectivity index (χ0) is 20.7. The molecule has 1 amide bonds. The zero-order valence-corrected chi connectivity index (χ0v) is 16.9. The van der Waals surface area contributed by atoms with E-state index in [1.807, 2.05) is 4.83 Å². The molecule has 0 fully saturated rings. The van der Waals surface area contributed by atoms with Crippen LogP contribution in [0.15, 0.2) is 53.4 Å². The van der Waals surface area contributed by atoms with Gasteiger partial charge >= 0.3 is 0 Å². The van der Waals surface area contributed by atoms with E-state index in [-0.39, 0.29) is 16.2 Å². The summed E-state index contributed by atoms with van der Waals surface area (Å²) in [7, 11) is -3.95. The minimum atomic E-state index is -3.95. The van der Waals surface area contributed by atoms with Gasteiger partial charge in [0, 0.05) is 11.1 Å². The Morgan fingerprint density at radius 3 is 2.07 bits per heavy atom. The first kappa shape index (κ1) is 21.6. The van der Waals surface area contributed by atoms with Crippen LogP contribution in [0.1, 0.15) is 47.9 Å². The number of hydrogen-bond acceptors (Lipinski definition) is 5. The van der Waals surface area contributed by atoms with Crippen molar-refractivity contribution in [3.63, 3.8) is 0 Å². The van der Waals surface area contributed by atoms with Crippen LogP contribution in [-0.2, 0) is 10.0 Å². The van der Waals surface area contributed by atoms with E-state index in [0.717, 1.165) is 6.42 Å². The normalized spacial score (nSPS) is 11.3. The van der Waals surface area contributed by atoms with Crippen molar-refractivity contribution in [1.29, 1.82) is 0 Å². The fraction of sp³-hybridized carbons (Fsp3) is 0.300. The average Bonchev–Trinajstić information content (AvgIpc) is 2.66. The van der Waals surface area contributed by atoms with E-state index < -0.39 is 15.9 Å². The lowest BCUT2D eigenvalue weighted by atomic mass is 10.1. The van der Waals surface area contributed by atoms with E-state index in [1.165, 1.54) is 31.2 Å². The molecule has 0 radical (unpaired) electrons. The maximum Gasteiger partial charge on any atom is 0.266 e. The third-order valence-corrected chi connectivity index (χ3v) is 5.21. The number of hydrogen-bond donors (Lipinski definition) is 2. The van der Waals surface area contributed by atoms with Crippen molar-refractivity contribution in [2.45, 2.75) is 32.1 Å². The van der Waals surface area contributed by atoms with Crippen LogP contribution in [0.3, 0.4) is 0 Å². The van der Waals surface area contributed by atoms with E-state index in [4.69, 9.17) is 4.74 Å². The number of benzene rings is 2. The molecular formula is C20H24N2O5S. The predicted octanol–water partition coefficient (Wildman–Crippen LogP) is 2.94. The summed E-state index contributed by atoms with van der Waals surface area (Å²) in [5.74, 6) is 0.416. The molecule has 2 N–H and O–H groups in total. The van der Waals surface area contributed by atoms with Gasteiger partial charge in [-0.1, -0.05) is 26.0 Å². The lowest BCUT2D eigenvalue weighted by Gasteiger charge is -2.10. The maximum absolute atomic E-state index is 12.2. The fourth-order valence-corrected chi connectivity index (χ4v) is 3.07. The third kappa shape index (κ3) is 6.17. The molecule has 150 valence electrons. The summed E-state index contributed by atoms with van der Waals surface area (Å²) in [5.41, 5.74) is 2.85. The van der Waals surface area contributed by atoms with Gasteiger partial charge in [0.15, 0.2) is 5.78 Å². The van der Waals surface area contributed by atoms with Gasteiger partial charge in [-0.15, -0.1) is 4.83 Å². The molecule has 2 rings (SSSR count). The Balaban J connectivity index is 1.94. The Kier molecular flexibility index (Phi) is 7.31. The molecule has 0 heterocycles. The second-order valence-electron chi connectivity index (χ2n) is 6.70. The number of carbonyl (C=O) groups excluding carboxylic acids is 2. The molecule has 0 aromatic heterocycles. The molecule has 2 aromatic rings. The van der Waals surface area contributed by atoms with Gasteiger partial charge in [-0.05, 0) is 55.7 Å². The second kappa shape index (κ2) is 9.48. The molecule has 7 nitrogen and oxygen atoms in total. The van der Waals surface area contributed by atoms with Gasteiger partial charge in [-0.2, -0.15) is 0 Å². The minimum Gasteiger partial charge on any atom is -0.494 e. The van der Waals surface area contributed by atoms with Crippen LogP contribution in [0.5, 0.6) is 5.75 Å². The summed E-state index contributed by atoms with van der Waals surface area (Å²) in [5, 5.41) is 0. The Bertz CT molecular complexity index is 920. The number of nitrogens with one attached hydrogen (secondary N) is 2. The van der Waals surface area contributed by atoms with Crippen molar-refractivity contribution in [3.05, 3.63) is 59.7 Å². The number of hydrazine groups is 1. The molecule has 0 saturated heterocycles. The lowest BCUT2D eigenvalue weighted by molar-refractivity contribution is 0.0944. The Morgan fingerprint density at radius 1 is 0.964 bits per heavy atom. The van der Waals surface area contributed by atoms with Crippen LogP contribution in [0.2, 0.25) is 0 Å². The zero-order valence-electron chi connectivity index (χ0n) is 16.1. The summed E-state index contributed by atoms with van der Waals surface area (Å²) in [6.07, 6.45) is 0.928. The highest BCUT2D eigenvalue weighted by Gasteiger charge is 2.16. The molecule has 0 aliphatic heterocycles. The first-order chi connectivity index (χ1) is 13.2. The van der Waals surface area contributed by atoms with E-state index >= 15 is 0 Å². The molecule has 0 aliphatic rings. The summed E-state index contributed by atoms with van der Waals surface area (Å²) in [4.78, 5) is 25.4. The summed E-state index contributed by atoms with van der Waals surface area (Å²) in [6, 6.07) is 11.8. The summed E-state index contributed by atoms with van der Waals surface area (Å²) >= 11 is 0. The molecule has 0 unspecified atom stereocenters. The van der Waals surface area contributed by atoms with Gasteiger partial charge in [0.2, 0.25) is 0 Å². The molecule has 0 spiro atoms. The van der Waals surface area contributed by atoms with Crippen molar-refractivity contribution in [3.8, 4) is 5.75 Å². The van der Waals surface area contributed by atoms with Crippen LogP contribution in [0.25, 0.3) is 0 Å². The van der Waals surface area contributed by atoms with Crippen LogP contribution >= 0.6 is 0 Å². The quantitative estimate of drug-likeness (QED) is 0.494. The van der Waals surface area contributed by atoms with E-state index in [0.29, 0.717) is 23.8 Å². The topological polar surface area (TPSA) is 102 Å². The Morgan fingerprint density at radius 2 is 1.54 bits per heavy atom. The molecule has 2 aromatic carbocycles. The number of ether oxygens (including phenoxy) is 1. The molecule has 28 heavy (non-hydrogen) atoms. The number of Topliss-reactive ketones (excluding diaryl/α,β-unsaturated/α-hetero) is 1. The van der Waals surface area contributed by atoms with Crippen LogP contribution in [0.4, 0.5) is 0 Å². The molecule has 0 bridgehead atoms. The monoisotopic (exact) mass is 404 g/mol. The van der Waals surface area contributed by atoms with Gasteiger partial charge in [0.1, 0.15) is 5.75 Å². The number of amides is 1. The van der Waals surface area contributed by atoms with Gasteiger partial charge in [0.25, 0.3) is 15.9 Å². The predicted molar refractivity (Wildman–Crippen MR) is 106 cm³/mol. The largest absolute Gasteiger partial charge is 0.494 e. The highest BCUT2D eigenvalue weighted by Crippen LogP contribution is 2.14.